The summed E-state index contributed by atoms with van der Waals surface area (Å²) in [4.78, 5) is 34.3. The molecule has 4 nitrogen and oxygen atoms in total. The van der Waals surface area contributed by atoms with Gasteiger partial charge in [0.1, 0.15) is 0 Å². The quantitative estimate of drug-likeness (QED) is 0.406. The van der Waals surface area contributed by atoms with E-state index in [9.17, 15) is 0 Å². The predicted octanol–water partition coefficient (Wildman–Crippen LogP) is -5.14. The third kappa shape index (κ3) is 59.9. The van der Waals surface area contributed by atoms with E-state index in [4.69, 9.17) is 19.2 Å². The van der Waals surface area contributed by atoms with Crippen molar-refractivity contribution in [2.75, 3.05) is 0 Å². The average Bonchev–Trinajstić information content (AvgIpc) is 0.722. The molecule has 0 aromatic heterocycles. The Kier molecular flexibility index (Phi) is 15.1. The summed E-state index contributed by atoms with van der Waals surface area (Å²) in [6.45, 7) is 0. The van der Waals surface area contributed by atoms with Crippen LogP contribution < -0.4 is 19.2 Å². The first-order chi connectivity index (χ1) is 2.00. The van der Waals surface area contributed by atoms with Crippen molar-refractivity contribution >= 4 is 9.05 Å². The van der Waals surface area contributed by atoms with E-state index in [0.717, 1.165) is 0 Å². The molecule has 0 heterocycles. The van der Waals surface area contributed by atoms with E-state index in [1.807, 2.05) is 0 Å². The van der Waals surface area contributed by atoms with E-state index in [1.54, 1.807) is 0 Å². The minimum Gasteiger partial charge on any atom is -0.894 e. The fourth-order valence-corrected chi connectivity index (χ4v) is 0. The molecule has 0 atom stereocenters. The second kappa shape index (κ2) is 6.51. The second-order valence-electron chi connectivity index (χ2n) is 0.500. The van der Waals surface area contributed by atoms with E-state index < -0.39 is 9.05 Å². The molecule has 0 N–H and O–H groups in total. The first-order valence-corrected chi connectivity index (χ1v) is 2.45. The molecule has 0 aromatic rings. The van der Waals surface area contributed by atoms with E-state index in [-0.39, 0.29) is 69.6 Å². The monoisotopic (exact) mass is 356 g/mol. The van der Waals surface area contributed by atoms with Crippen molar-refractivity contribution in [2.24, 2.45) is 0 Å². The third-order valence-corrected chi connectivity index (χ3v) is 0. The zero-order chi connectivity index (χ0) is 4.50. The van der Waals surface area contributed by atoms with Crippen LogP contribution in [0.2, 0.25) is 0 Å². The summed E-state index contributed by atoms with van der Waals surface area (Å²) < 4.78 is 0. The van der Waals surface area contributed by atoms with Crippen LogP contribution in [0.25, 0.3) is 0 Å². The summed E-state index contributed by atoms with van der Waals surface area (Å²) in [5.41, 5.74) is 0. The number of hydrogen-bond donors (Lipinski definition) is 0. The Balaban J connectivity index is -0.0000000800. The first-order valence-electron chi connectivity index (χ1n) is 0.816. The Morgan fingerprint density at radius 3 is 0.857 bits per heavy atom. The van der Waals surface area contributed by atoms with Crippen molar-refractivity contribution in [2.45, 2.75) is 0 Å². The van der Waals surface area contributed by atoms with Crippen LogP contribution in [0.3, 0.4) is 0 Å². The largest absolute Gasteiger partial charge is 3.00 e. The molecular formula is LuO4SiY+2. The molecule has 0 saturated heterocycles. The van der Waals surface area contributed by atoms with Gasteiger partial charge in [0.15, 0.2) is 0 Å². The summed E-state index contributed by atoms with van der Waals surface area (Å²) in [6.07, 6.45) is 0. The van der Waals surface area contributed by atoms with Gasteiger partial charge in [-0.1, -0.05) is 0 Å². The van der Waals surface area contributed by atoms with Gasteiger partial charge in [-0.3, -0.25) is 0 Å². The summed E-state index contributed by atoms with van der Waals surface area (Å²) in [7, 11) is -5.61. The van der Waals surface area contributed by atoms with Crippen molar-refractivity contribution in [3.63, 3.8) is 0 Å². The van der Waals surface area contributed by atoms with Crippen molar-refractivity contribution in [1.29, 1.82) is 0 Å². The zero-order valence-electron chi connectivity index (χ0n) is 2.97. The molecule has 0 aliphatic carbocycles. The molecule has 7 heavy (non-hydrogen) atoms. The molecule has 0 aliphatic rings. The molecule has 0 radical (unpaired) electrons. The Labute approximate surface area is 96.1 Å². The maximum Gasteiger partial charge on any atom is 3.00 e. The van der Waals surface area contributed by atoms with E-state index in [0.29, 0.717) is 0 Å². The molecule has 0 bridgehead atoms. The van der Waals surface area contributed by atoms with Crippen LogP contribution in [-0.4, -0.2) is 9.05 Å². The van der Waals surface area contributed by atoms with Gasteiger partial charge in [0.25, 0.3) is 0 Å². The molecule has 0 amide bonds. The number of hydrogen-bond acceptors (Lipinski definition) is 4. The molecule has 44 valence electrons. The molecule has 0 spiro atoms. The maximum atomic E-state index is 8.58. The molecule has 0 aromatic carbocycles. The Bertz CT molecular complexity index is 27.2. The standard InChI is InChI=1S/Lu.O4Si.Y/c;1-5(2,3)4;/q+3;-4;+3. The van der Waals surface area contributed by atoms with Crippen molar-refractivity contribution in [1.82, 2.24) is 0 Å². The summed E-state index contributed by atoms with van der Waals surface area (Å²) in [6, 6.07) is 0. The summed E-state index contributed by atoms with van der Waals surface area (Å²) >= 11 is 0. The van der Waals surface area contributed by atoms with Crippen molar-refractivity contribution in [3.05, 3.63) is 0 Å². The predicted molar refractivity (Wildman–Crippen MR) is 5.75 cm³/mol. The summed E-state index contributed by atoms with van der Waals surface area (Å²) in [5, 5.41) is 0. The van der Waals surface area contributed by atoms with Crippen LogP contribution in [0.4, 0.5) is 0 Å². The van der Waals surface area contributed by atoms with Gasteiger partial charge >= 0.3 is 69.6 Å². The first kappa shape index (κ1) is 16.2. The van der Waals surface area contributed by atoms with Crippen LogP contribution in [0.15, 0.2) is 0 Å². The normalized spacial score (nSPS) is 8.57. The maximum absolute atomic E-state index is 8.58. The van der Waals surface area contributed by atoms with E-state index in [2.05, 4.69) is 0 Å². The fourth-order valence-electron chi connectivity index (χ4n) is 0. The molecular weight excluding hydrogens is 356 g/mol. The SMILES string of the molecule is [Lu+3].[O-][Si]([O-])([O-])[O-].[Y+3]. The van der Waals surface area contributed by atoms with Gasteiger partial charge < -0.3 is 28.2 Å². The van der Waals surface area contributed by atoms with Gasteiger partial charge in [-0.2, -0.15) is 0 Å². The average molecular weight is 356 g/mol. The van der Waals surface area contributed by atoms with Crippen LogP contribution >= 0.6 is 0 Å². The minimum atomic E-state index is -5.61. The van der Waals surface area contributed by atoms with Crippen LogP contribution in [0.1, 0.15) is 0 Å². The van der Waals surface area contributed by atoms with E-state index in [1.165, 1.54) is 0 Å². The Morgan fingerprint density at radius 1 is 0.857 bits per heavy atom. The van der Waals surface area contributed by atoms with Crippen LogP contribution in [0, 0.1) is 36.9 Å². The van der Waals surface area contributed by atoms with Gasteiger partial charge in [0, 0.05) is 0 Å². The topological polar surface area (TPSA) is 92.2 Å². The van der Waals surface area contributed by atoms with Crippen molar-refractivity contribution < 1.29 is 88.8 Å². The minimum absolute atomic E-state index is 0. The Morgan fingerprint density at radius 2 is 0.857 bits per heavy atom. The zero-order valence-corrected chi connectivity index (χ0v) is 8.46. The van der Waals surface area contributed by atoms with Crippen LogP contribution in [-0.2, 0) is 32.7 Å². The van der Waals surface area contributed by atoms with Gasteiger partial charge in [-0.05, 0) is 0 Å². The van der Waals surface area contributed by atoms with Gasteiger partial charge in [-0.15, -0.1) is 0 Å². The van der Waals surface area contributed by atoms with Gasteiger partial charge in [0.05, 0.1) is 0 Å². The van der Waals surface area contributed by atoms with Crippen LogP contribution in [0.5, 0.6) is 0 Å². The Hall–Kier alpha value is 2.39. The van der Waals surface area contributed by atoms with Gasteiger partial charge in [0.2, 0.25) is 0 Å². The third-order valence-electron chi connectivity index (χ3n) is 0. The van der Waals surface area contributed by atoms with E-state index >= 15 is 0 Å². The molecule has 0 aliphatic heterocycles. The molecule has 0 saturated carbocycles. The molecule has 0 fully saturated rings. The molecule has 0 unspecified atom stereocenters. The molecule has 7 heteroatoms. The molecule has 0 rings (SSSR count). The smallest absolute Gasteiger partial charge is 0.894 e. The number of rotatable bonds is 0. The van der Waals surface area contributed by atoms with Crippen molar-refractivity contribution in [3.8, 4) is 0 Å². The van der Waals surface area contributed by atoms with Gasteiger partial charge in [-0.25, -0.2) is 0 Å². The second-order valence-corrected chi connectivity index (χ2v) is 1.50. The summed E-state index contributed by atoms with van der Waals surface area (Å²) in [5.74, 6) is 0. The fraction of sp³-hybridized carbons (Fsp3) is 0.